The van der Waals surface area contributed by atoms with Crippen LogP contribution in [0.5, 0.6) is 0 Å². The summed E-state index contributed by atoms with van der Waals surface area (Å²) in [6.45, 7) is 3.73. The second-order valence-corrected chi connectivity index (χ2v) is 2.83. The molecule has 1 heteroatoms. The lowest BCUT2D eigenvalue weighted by molar-refractivity contribution is 0.282. The second kappa shape index (κ2) is 5.33. The Kier molecular flexibility index (Phi) is 4.00. The maximum Gasteiger partial charge on any atom is 0.0682 e. The number of rotatable bonds is 4. The first-order valence-electron chi connectivity index (χ1n) is 4.34. The Morgan fingerprint density at radius 3 is 2.92 bits per heavy atom. The van der Waals surface area contributed by atoms with E-state index in [1.807, 2.05) is 42.5 Å². The van der Waals surface area contributed by atoms with Crippen LogP contribution in [0.4, 0.5) is 0 Å². The maximum atomic E-state index is 8.89. The van der Waals surface area contributed by atoms with Crippen LogP contribution in [-0.4, -0.2) is 5.11 Å². The smallest absolute Gasteiger partial charge is 0.0682 e. The monoisotopic (exact) mass is 174 g/mol. The van der Waals surface area contributed by atoms with Crippen LogP contribution in [0.2, 0.25) is 0 Å². The first kappa shape index (κ1) is 9.75. The summed E-state index contributed by atoms with van der Waals surface area (Å²) in [7, 11) is 0. The standard InChI is InChI=1S/C12H14O/c1-2-3-4-6-11-7-5-8-12(9-11)10-13/h2,4-9,13H,1,3,10H2. The van der Waals surface area contributed by atoms with Gasteiger partial charge in [0.1, 0.15) is 0 Å². The lowest BCUT2D eigenvalue weighted by Gasteiger charge is -1.97. The highest BCUT2D eigenvalue weighted by molar-refractivity contribution is 5.50. The fourth-order valence-electron chi connectivity index (χ4n) is 1.10. The van der Waals surface area contributed by atoms with Gasteiger partial charge in [-0.1, -0.05) is 36.4 Å². The van der Waals surface area contributed by atoms with Crippen LogP contribution in [0.15, 0.2) is 43.0 Å². The van der Waals surface area contributed by atoms with Gasteiger partial charge in [0.2, 0.25) is 0 Å². The van der Waals surface area contributed by atoms with Gasteiger partial charge in [-0.3, -0.25) is 0 Å². The number of allylic oxidation sites excluding steroid dienone is 2. The normalized spacial score (nSPS) is 10.5. The average Bonchev–Trinajstić information content (AvgIpc) is 2.19. The largest absolute Gasteiger partial charge is 0.392 e. The summed E-state index contributed by atoms with van der Waals surface area (Å²) >= 11 is 0. The van der Waals surface area contributed by atoms with Crippen molar-refractivity contribution in [1.29, 1.82) is 0 Å². The third-order valence-corrected chi connectivity index (χ3v) is 1.75. The Balaban J connectivity index is 2.71. The van der Waals surface area contributed by atoms with Crippen molar-refractivity contribution in [2.45, 2.75) is 13.0 Å². The van der Waals surface area contributed by atoms with Crippen LogP contribution >= 0.6 is 0 Å². The van der Waals surface area contributed by atoms with E-state index < -0.39 is 0 Å². The lowest BCUT2D eigenvalue weighted by Crippen LogP contribution is -1.82. The number of benzene rings is 1. The minimum atomic E-state index is 0.100. The Morgan fingerprint density at radius 1 is 1.38 bits per heavy atom. The quantitative estimate of drug-likeness (QED) is 0.696. The predicted octanol–water partition coefficient (Wildman–Crippen LogP) is 2.77. The molecule has 0 fully saturated rings. The van der Waals surface area contributed by atoms with Gasteiger partial charge in [0.05, 0.1) is 6.61 Å². The molecule has 1 aromatic carbocycles. The van der Waals surface area contributed by atoms with Gasteiger partial charge in [-0.15, -0.1) is 6.58 Å². The van der Waals surface area contributed by atoms with Crippen molar-refractivity contribution in [2.24, 2.45) is 0 Å². The molecule has 0 aliphatic heterocycles. The molecule has 0 aliphatic rings. The van der Waals surface area contributed by atoms with E-state index in [-0.39, 0.29) is 6.61 Å². The Bertz CT molecular complexity index is 300. The fraction of sp³-hybridized carbons (Fsp3) is 0.167. The molecule has 0 aliphatic carbocycles. The van der Waals surface area contributed by atoms with Gasteiger partial charge in [-0.05, 0) is 23.6 Å². The Labute approximate surface area is 79.0 Å². The van der Waals surface area contributed by atoms with Gasteiger partial charge in [-0.2, -0.15) is 0 Å². The average molecular weight is 174 g/mol. The number of hydrogen-bond donors (Lipinski definition) is 1. The van der Waals surface area contributed by atoms with E-state index >= 15 is 0 Å². The summed E-state index contributed by atoms with van der Waals surface area (Å²) in [4.78, 5) is 0. The van der Waals surface area contributed by atoms with Crippen molar-refractivity contribution in [3.63, 3.8) is 0 Å². The molecule has 13 heavy (non-hydrogen) atoms. The minimum Gasteiger partial charge on any atom is -0.392 e. The van der Waals surface area contributed by atoms with Gasteiger partial charge < -0.3 is 5.11 Å². The van der Waals surface area contributed by atoms with Crippen LogP contribution in [0, 0.1) is 0 Å². The molecule has 68 valence electrons. The molecule has 1 nitrogen and oxygen atoms in total. The van der Waals surface area contributed by atoms with Gasteiger partial charge in [0.25, 0.3) is 0 Å². The summed E-state index contributed by atoms with van der Waals surface area (Å²) in [6.07, 6.45) is 6.81. The molecule has 1 aromatic rings. The first-order valence-corrected chi connectivity index (χ1v) is 4.34. The predicted molar refractivity (Wildman–Crippen MR) is 56.2 cm³/mol. The van der Waals surface area contributed by atoms with Crippen LogP contribution in [0.3, 0.4) is 0 Å². The van der Waals surface area contributed by atoms with E-state index in [9.17, 15) is 0 Å². The van der Waals surface area contributed by atoms with E-state index in [1.54, 1.807) is 0 Å². The van der Waals surface area contributed by atoms with Gasteiger partial charge in [-0.25, -0.2) is 0 Å². The molecule has 0 atom stereocenters. The molecule has 1 N–H and O–H groups in total. The SMILES string of the molecule is C=CCC=Cc1cccc(CO)c1. The summed E-state index contributed by atoms with van der Waals surface area (Å²) in [5.41, 5.74) is 2.06. The van der Waals surface area contributed by atoms with Crippen molar-refractivity contribution in [1.82, 2.24) is 0 Å². The van der Waals surface area contributed by atoms with Crippen LogP contribution in [0.1, 0.15) is 17.5 Å². The molecule has 0 unspecified atom stereocenters. The molecule has 0 saturated carbocycles. The van der Waals surface area contributed by atoms with Crippen molar-refractivity contribution < 1.29 is 5.11 Å². The second-order valence-electron chi connectivity index (χ2n) is 2.83. The zero-order valence-corrected chi connectivity index (χ0v) is 7.61. The van der Waals surface area contributed by atoms with Gasteiger partial charge in [0, 0.05) is 0 Å². The molecule has 0 spiro atoms. The third-order valence-electron chi connectivity index (χ3n) is 1.75. The fourth-order valence-corrected chi connectivity index (χ4v) is 1.10. The van der Waals surface area contributed by atoms with Gasteiger partial charge >= 0.3 is 0 Å². The highest BCUT2D eigenvalue weighted by Gasteiger charge is 1.89. The van der Waals surface area contributed by atoms with E-state index in [0.29, 0.717) is 0 Å². The van der Waals surface area contributed by atoms with Gasteiger partial charge in [0.15, 0.2) is 0 Å². The zero-order chi connectivity index (χ0) is 9.52. The molecule has 0 bridgehead atoms. The van der Waals surface area contributed by atoms with Crippen molar-refractivity contribution in [3.05, 3.63) is 54.1 Å². The highest BCUT2D eigenvalue weighted by Crippen LogP contribution is 2.07. The lowest BCUT2D eigenvalue weighted by atomic mass is 10.1. The van der Waals surface area contributed by atoms with E-state index in [4.69, 9.17) is 5.11 Å². The Morgan fingerprint density at radius 2 is 2.23 bits per heavy atom. The van der Waals surface area contributed by atoms with Crippen LogP contribution in [0.25, 0.3) is 6.08 Å². The molecular formula is C12H14O. The summed E-state index contributed by atoms with van der Waals surface area (Å²) < 4.78 is 0. The molecule has 0 aromatic heterocycles. The molecule has 1 rings (SSSR count). The number of hydrogen-bond acceptors (Lipinski definition) is 1. The van der Waals surface area contributed by atoms with Crippen molar-refractivity contribution in [3.8, 4) is 0 Å². The molecular weight excluding hydrogens is 160 g/mol. The van der Waals surface area contributed by atoms with Crippen LogP contribution in [-0.2, 0) is 6.61 Å². The van der Waals surface area contributed by atoms with E-state index in [0.717, 1.165) is 17.5 Å². The number of aliphatic hydroxyl groups is 1. The van der Waals surface area contributed by atoms with E-state index in [1.165, 1.54) is 0 Å². The summed E-state index contributed by atoms with van der Waals surface area (Å²) in [5.74, 6) is 0. The topological polar surface area (TPSA) is 20.2 Å². The maximum absolute atomic E-state index is 8.89. The van der Waals surface area contributed by atoms with E-state index in [2.05, 4.69) is 6.58 Å². The zero-order valence-electron chi connectivity index (χ0n) is 7.61. The van der Waals surface area contributed by atoms with Crippen LogP contribution < -0.4 is 0 Å². The summed E-state index contributed by atoms with van der Waals surface area (Å²) in [5, 5.41) is 8.89. The molecule has 0 radical (unpaired) electrons. The molecule has 0 heterocycles. The number of aliphatic hydroxyl groups excluding tert-OH is 1. The first-order chi connectivity index (χ1) is 6.36. The van der Waals surface area contributed by atoms with Crippen molar-refractivity contribution >= 4 is 6.08 Å². The Hall–Kier alpha value is -1.34. The summed E-state index contributed by atoms with van der Waals surface area (Å²) in [6, 6.07) is 7.84. The minimum absolute atomic E-state index is 0.100. The molecule has 0 amide bonds. The van der Waals surface area contributed by atoms with Crippen molar-refractivity contribution in [2.75, 3.05) is 0 Å². The third kappa shape index (κ3) is 3.26. The molecule has 0 saturated heterocycles. The highest BCUT2D eigenvalue weighted by atomic mass is 16.3.